The monoisotopic (exact) mass is 365 g/mol. The number of hydrogen-bond acceptors (Lipinski definition) is 5. The lowest BCUT2D eigenvalue weighted by Gasteiger charge is -2.38. The molecule has 134 valence electrons. The first-order valence-corrected chi connectivity index (χ1v) is 7.82. The van der Waals surface area contributed by atoms with Crippen LogP contribution in [0.3, 0.4) is 0 Å². The van der Waals surface area contributed by atoms with Crippen molar-refractivity contribution in [2.45, 2.75) is 25.9 Å². The molecule has 9 heteroatoms. The maximum Gasteiger partial charge on any atom is 0.274 e. The van der Waals surface area contributed by atoms with Gasteiger partial charge in [0.1, 0.15) is 0 Å². The van der Waals surface area contributed by atoms with Crippen molar-refractivity contribution in [3.8, 4) is 5.69 Å². The fraction of sp³-hybridized carbons (Fsp3) is 0.375. The molecule has 1 amide bonds. The molecule has 1 aromatic heterocycles. The number of nitrogens with one attached hydrogen (secondary N) is 1. The van der Waals surface area contributed by atoms with Gasteiger partial charge in [-0.2, -0.15) is 5.10 Å². The lowest BCUT2D eigenvalue weighted by atomic mass is 10.1. The Kier molecular flexibility index (Phi) is 5.76. The fourth-order valence-corrected chi connectivity index (χ4v) is 2.82. The molecule has 0 radical (unpaired) electrons. The number of benzene rings is 1. The number of non-ortho nitro benzene ring substituents is 1. The van der Waals surface area contributed by atoms with Crippen molar-refractivity contribution in [3.63, 3.8) is 0 Å². The highest BCUT2D eigenvalue weighted by Crippen LogP contribution is 2.18. The van der Waals surface area contributed by atoms with Gasteiger partial charge in [-0.15, -0.1) is 12.4 Å². The van der Waals surface area contributed by atoms with Gasteiger partial charge in [-0.25, -0.2) is 4.68 Å². The van der Waals surface area contributed by atoms with Crippen LogP contribution in [-0.2, 0) is 0 Å². The zero-order chi connectivity index (χ0) is 17.3. The Morgan fingerprint density at radius 1 is 1.36 bits per heavy atom. The highest BCUT2D eigenvalue weighted by Gasteiger charge is 2.29. The second-order valence-corrected chi connectivity index (χ2v) is 5.90. The Balaban J connectivity index is 0.00000225. The van der Waals surface area contributed by atoms with Gasteiger partial charge in [-0.3, -0.25) is 14.9 Å². The van der Waals surface area contributed by atoms with E-state index in [0.29, 0.717) is 17.9 Å². The van der Waals surface area contributed by atoms with Crippen LogP contribution in [0.1, 0.15) is 24.3 Å². The van der Waals surface area contributed by atoms with Gasteiger partial charge in [-0.05, 0) is 26.0 Å². The number of carbonyl (C=O) groups excluding carboxylic acids is 1. The van der Waals surface area contributed by atoms with E-state index < -0.39 is 4.92 Å². The molecule has 2 heterocycles. The molecular formula is C16H20ClN5O3. The Bertz CT molecular complexity index is 779. The Hall–Kier alpha value is -2.45. The molecule has 8 nitrogen and oxygen atoms in total. The third kappa shape index (κ3) is 3.80. The van der Waals surface area contributed by atoms with Crippen LogP contribution < -0.4 is 5.32 Å². The number of nitrogens with zero attached hydrogens (tertiary/aromatic N) is 4. The summed E-state index contributed by atoms with van der Waals surface area (Å²) in [7, 11) is 0. The van der Waals surface area contributed by atoms with Crippen molar-refractivity contribution in [1.82, 2.24) is 20.0 Å². The van der Waals surface area contributed by atoms with Crippen LogP contribution in [0.2, 0.25) is 0 Å². The SMILES string of the molecule is CC1NCCN(C(=O)c2ccn(-c3cccc([N+](=O)[O-])c3)n2)C1C.Cl. The van der Waals surface area contributed by atoms with Crippen molar-refractivity contribution < 1.29 is 9.72 Å². The Labute approximate surface area is 151 Å². The molecule has 1 aliphatic rings. The lowest BCUT2D eigenvalue weighted by Crippen LogP contribution is -2.57. The Morgan fingerprint density at radius 3 is 2.84 bits per heavy atom. The first-order valence-electron chi connectivity index (χ1n) is 7.82. The highest BCUT2D eigenvalue weighted by molar-refractivity contribution is 5.92. The van der Waals surface area contributed by atoms with Gasteiger partial charge in [0.05, 0.1) is 10.6 Å². The molecule has 1 fully saturated rings. The maximum atomic E-state index is 12.7. The number of hydrogen-bond donors (Lipinski definition) is 1. The summed E-state index contributed by atoms with van der Waals surface area (Å²) in [6, 6.07) is 8.09. The van der Waals surface area contributed by atoms with Crippen LogP contribution in [0, 0.1) is 10.1 Å². The predicted molar refractivity (Wildman–Crippen MR) is 95.4 cm³/mol. The average Bonchev–Trinajstić information content (AvgIpc) is 3.07. The number of aromatic nitrogens is 2. The van der Waals surface area contributed by atoms with Crippen LogP contribution in [0.25, 0.3) is 5.69 Å². The molecule has 2 aromatic rings. The number of nitro benzene ring substituents is 1. The van der Waals surface area contributed by atoms with E-state index in [1.54, 1.807) is 29.3 Å². The van der Waals surface area contributed by atoms with E-state index in [0.717, 1.165) is 6.54 Å². The number of nitro groups is 1. The molecule has 0 bridgehead atoms. The maximum absolute atomic E-state index is 12.7. The topological polar surface area (TPSA) is 93.3 Å². The van der Waals surface area contributed by atoms with Crippen LogP contribution in [-0.4, -0.2) is 50.7 Å². The molecule has 0 aliphatic carbocycles. The van der Waals surface area contributed by atoms with Crippen molar-refractivity contribution in [1.29, 1.82) is 0 Å². The van der Waals surface area contributed by atoms with Crippen molar-refractivity contribution in [3.05, 3.63) is 52.3 Å². The smallest absolute Gasteiger partial charge is 0.274 e. The summed E-state index contributed by atoms with van der Waals surface area (Å²) in [6.07, 6.45) is 1.64. The molecule has 1 N–H and O–H groups in total. The second-order valence-electron chi connectivity index (χ2n) is 5.90. The van der Waals surface area contributed by atoms with Crippen LogP contribution in [0.4, 0.5) is 5.69 Å². The summed E-state index contributed by atoms with van der Waals surface area (Å²) in [5, 5.41) is 18.5. The van der Waals surface area contributed by atoms with Gasteiger partial charge >= 0.3 is 0 Å². The number of halogens is 1. The molecule has 1 aromatic carbocycles. The summed E-state index contributed by atoms with van der Waals surface area (Å²) in [5.41, 5.74) is 0.868. The molecule has 25 heavy (non-hydrogen) atoms. The van der Waals surface area contributed by atoms with E-state index in [9.17, 15) is 14.9 Å². The number of carbonyl (C=O) groups is 1. The van der Waals surface area contributed by atoms with E-state index in [1.165, 1.54) is 16.8 Å². The summed E-state index contributed by atoms with van der Waals surface area (Å²) >= 11 is 0. The molecule has 0 saturated carbocycles. The predicted octanol–water partition coefficient (Wildman–Crippen LogP) is 2.02. The standard InChI is InChI=1S/C16H19N5O3.ClH/c1-11-12(2)19(9-7-17-11)16(22)15-6-8-20(18-15)13-4-3-5-14(10-13)21(23)24;/h3-6,8,10-12,17H,7,9H2,1-2H3;1H. The van der Waals surface area contributed by atoms with Crippen LogP contribution in [0.15, 0.2) is 36.5 Å². The third-order valence-corrected chi connectivity index (χ3v) is 4.41. The Morgan fingerprint density at radius 2 is 2.12 bits per heavy atom. The minimum atomic E-state index is -0.455. The van der Waals surface area contributed by atoms with Crippen molar-refractivity contribution >= 4 is 24.0 Å². The van der Waals surface area contributed by atoms with Gasteiger partial charge in [0.15, 0.2) is 5.69 Å². The quantitative estimate of drug-likeness (QED) is 0.663. The largest absolute Gasteiger partial charge is 0.332 e. The molecular weight excluding hydrogens is 346 g/mol. The molecule has 2 unspecified atom stereocenters. The van der Waals surface area contributed by atoms with E-state index in [1.807, 2.05) is 13.8 Å². The average molecular weight is 366 g/mol. The summed E-state index contributed by atoms with van der Waals surface area (Å²) < 4.78 is 1.48. The van der Waals surface area contributed by atoms with E-state index in [4.69, 9.17) is 0 Å². The van der Waals surface area contributed by atoms with E-state index >= 15 is 0 Å². The summed E-state index contributed by atoms with van der Waals surface area (Å²) in [5.74, 6) is -0.125. The van der Waals surface area contributed by atoms with Gasteiger partial charge in [0.2, 0.25) is 0 Å². The molecule has 0 spiro atoms. The molecule has 2 atom stereocenters. The third-order valence-electron chi connectivity index (χ3n) is 4.41. The van der Waals surface area contributed by atoms with Crippen molar-refractivity contribution in [2.24, 2.45) is 0 Å². The zero-order valence-corrected chi connectivity index (χ0v) is 14.8. The van der Waals surface area contributed by atoms with Gasteiger partial charge in [0.25, 0.3) is 11.6 Å². The van der Waals surface area contributed by atoms with Gasteiger partial charge in [0, 0.05) is 43.5 Å². The second kappa shape index (κ2) is 7.62. The summed E-state index contributed by atoms with van der Waals surface area (Å²) in [4.78, 5) is 24.9. The molecule has 1 aliphatic heterocycles. The van der Waals surface area contributed by atoms with Crippen LogP contribution in [0.5, 0.6) is 0 Å². The van der Waals surface area contributed by atoms with Gasteiger partial charge < -0.3 is 10.2 Å². The number of piperazine rings is 1. The van der Waals surface area contributed by atoms with Crippen molar-refractivity contribution in [2.75, 3.05) is 13.1 Å². The number of rotatable bonds is 3. The van der Waals surface area contributed by atoms with Crippen LogP contribution >= 0.6 is 12.4 Å². The highest BCUT2D eigenvalue weighted by atomic mass is 35.5. The lowest BCUT2D eigenvalue weighted by molar-refractivity contribution is -0.384. The fourth-order valence-electron chi connectivity index (χ4n) is 2.82. The first kappa shape index (κ1) is 18.9. The molecule has 1 saturated heterocycles. The first-order chi connectivity index (χ1) is 11.5. The van der Waals surface area contributed by atoms with Gasteiger partial charge in [-0.1, -0.05) is 6.07 Å². The van der Waals surface area contributed by atoms with E-state index in [2.05, 4.69) is 10.4 Å². The number of amides is 1. The molecule has 3 rings (SSSR count). The normalized spacial score (nSPS) is 20.0. The summed E-state index contributed by atoms with van der Waals surface area (Å²) in [6.45, 7) is 5.44. The zero-order valence-electron chi connectivity index (χ0n) is 14.0. The van der Waals surface area contributed by atoms with E-state index in [-0.39, 0.29) is 36.1 Å². The minimum Gasteiger partial charge on any atom is -0.332 e. The minimum absolute atomic E-state index is 0.